The van der Waals surface area contributed by atoms with E-state index in [9.17, 15) is 4.79 Å². The average Bonchev–Trinajstić information content (AvgIpc) is 3.38. The molecule has 1 aliphatic heterocycles. The summed E-state index contributed by atoms with van der Waals surface area (Å²) in [5, 5.41) is 1.33. The normalized spacial score (nSPS) is 16.9. The number of rotatable bonds is 17. The van der Waals surface area contributed by atoms with Crippen molar-refractivity contribution in [2.75, 3.05) is 28.4 Å². The second kappa shape index (κ2) is 22.5. The molecule has 4 unspecified atom stereocenters. The lowest BCUT2D eigenvalue weighted by atomic mass is 9.73. The minimum Gasteiger partial charge on any atom is -0.497 e. The standard InChI is InChI=1S/C65H73O5P/c1-40(2)53-26-19-27-54(41(3)4)63(53)61(44-22-15-13-16-23-44)57-30-21-31-58(62(45-24-17-14-18-25-45)64-55(42(5)6)28-20-29-56(64)43(7)8)65(57)71-59(46-32-49(67-9)38-50(33-46)68-10)36-48(66)37-60(71)47-34-51(69-11)39-52(35-47)70-12/h13-35,38-43,59-62H,36-37H2,1-12H3. The quantitative estimate of drug-likeness (QED) is 0.0672. The maximum Gasteiger partial charge on any atom is 0.134 e. The van der Waals surface area contributed by atoms with Crippen LogP contribution in [0.1, 0.15) is 182 Å². The molecule has 6 heteroatoms. The van der Waals surface area contributed by atoms with Crippen LogP contribution < -0.4 is 24.3 Å². The van der Waals surface area contributed by atoms with Gasteiger partial charge in [-0.15, -0.1) is 0 Å². The molecule has 0 saturated carbocycles. The summed E-state index contributed by atoms with van der Waals surface area (Å²) in [4.78, 5) is 14.9. The first-order valence-electron chi connectivity index (χ1n) is 25.5. The van der Waals surface area contributed by atoms with Crippen LogP contribution in [0.15, 0.2) is 152 Å². The summed E-state index contributed by atoms with van der Waals surface area (Å²) >= 11 is 0. The molecule has 0 aliphatic carbocycles. The smallest absolute Gasteiger partial charge is 0.134 e. The van der Waals surface area contributed by atoms with Crippen LogP contribution in [0, 0.1) is 0 Å². The van der Waals surface area contributed by atoms with E-state index in [4.69, 9.17) is 18.9 Å². The van der Waals surface area contributed by atoms with Gasteiger partial charge in [0, 0.05) is 48.1 Å². The molecule has 0 spiro atoms. The fourth-order valence-electron chi connectivity index (χ4n) is 11.4. The number of methoxy groups -OCH3 is 4. The molecule has 368 valence electrons. The van der Waals surface area contributed by atoms with Gasteiger partial charge < -0.3 is 18.9 Å². The topological polar surface area (TPSA) is 54.0 Å². The van der Waals surface area contributed by atoms with Crippen LogP contribution in [0.3, 0.4) is 0 Å². The number of carbonyl (C=O) groups excluding carboxylic acids is 1. The molecular formula is C65H73O5P. The van der Waals surface area contributed by atoms with E-state index in [-0.39, 0.29) is 52.6 Å². The summed E-state index contributed by atoms with van der Waals surface area (Å²) in [7, 11) is 5.47. The van der Waals surface area contributed by atoms with Crippen LogP contribution in [0.2, 0.25) is 0 Å². The van der Waals surface area contributed by atoms with Gasteiger partial charge in [0.05, 0.1) is 28.4 Å². The van der Waals surface area contributed by atoms with E-state index in [2.05, 4.69) is 195 Å². The predicted octanol–water partition coefficient (Wildman–Crippen LogP) is 16.5. The summed E-state index contributed by atoms with van der Waals surface area (Å²) in [6.07, 6.45) is 0.748. The zero-order valence-corrected chi connectivity index (χ0v) is 44.8. The highest BCUT2D eigenvalue weighted by Gasteiger charge is 2.45. The van der Waals surface area contributed by atoms with Crippen molar-refractivity contribution in [1.82, 2.24) is 0 Å². The number of hydrogen-bond acceptors (Lipinski definition) is 5. The molecule has 7 aromatic rings. The molecule has 0 aromatic heterocycles. The highest BCUT2D eigenvalue weighted by molar-refractivity contribution is 7.66. The first-order valence-corrected chi connectivity index (χ1v) is 27.0. The molecule has 5 nitrogen and oxygen atoms in total. The zero-order chi connectivity index (χ0) is 50.5. The maximum atomic E-state index is 14.9. The van der Waals surface area contributed by atoms with Gasteiger partial charge in [0.2, 0.25) is 0 Å². The van der Waals surface area contributed by atoms with Gasteiger partial charge in [0.1, 0.15) is 28.8 Å². The zero-order valence-electron chi connectivity index (χ0n) is 44.0. The van der Waals surface area contributed by atoms with Gasteiger partial charge in [-0.05, 0) is 120 Å². The monoisotopic (exact) mass is 965 g/mol. The van der Waals surface area contributed by atoms with E-state index in [1.807, 2.05) is 12.1 Å². The summed E-state index contributed by atoms with van der Waals surface area (Å²) in [5.41, 5.74) is 14.8. The molecule has 4 atom stereocenters. The fraction of sp³-hybridized carbons (Fsp3) is 0.338. The van der Waals surface area contributed by atoms with Gasteiger partial charge in [-0.25, -0.2) is 0 Å². The molecule has 1 saturated heterocycles. The Morgan fingerprint density at radius 3 is 0.972 bits per heavy atom. The predicted molar refractivity (Wildman–Crippen MR) is 296 cm³/mol. The van der Waals surface area contributed by atoms with Crippen molar-refractivity contribution >= 4 is 19.0 Å². The average molecular weight is 965 g/mol. The molecule has 0 amide bonds. The molecule has 1 fully saturated rings. The van der Waals surface area contributed by atoms with Crippen LogP contribution >= 0.6 is 7.92 Å². The Morgan fingerprint density at radius 2 is 0.690 bits per heavy atom. The van der Waals surface area contributed by atoms with Gasteiger partial charge >= 0.3 is 0 Å². The summed E-state index contributed by atoms with van der Waals surface area (Å²) in [6, 6.07) is 55.9. The number of Topliss-reactive ketones (excluding diaryl/α,β-unsaturated/α-hetero) is 1. The number of carbonyl (C=O) groups is 1. The van der Waals surface area contributed by atoms with E-state index in [1.54, 1.807) is 28.4 Å². The Balaban J connectivity index is 1.63. The Morgan fingerprint density at radius 1 is 0.394 bits per heavy atom. The molecular weight excluding hydrogens is 892 g/mol. The Bertz CT molecular complexity index is 2650. The summed E-state index contributed by atoms with van der Waals surface area (Å²) in [6.45, 7) is 18.7. The number of benzene rings is 7. The SMILES string of the molecule is COc1cc(OC)cc(C2CC(=O)CC(c3cc(OC)cc(OC)c3)P2c2c(C(c3ccccc3)c3c(C(C)C)cccc3C(C)C)cccc2C(c2ccccc2)c2c(C(C)C)cccc2C(C)C)c1. The first-order chi connectivity index (χ1) is 34.3. The van der Waals surface area contributed by atoms with Crippen LogP contribution in [-0.4, -0.2) is 34.2 Å². The van der Waals surface area contributed by atoms with Crippen molar-refractivity contribution in [3.05, 3.63) is 218 Å². The van der Waals surface area contributed by atoms with Gasteiger partial charge in [-0.1, -0.05) is 179 Å². The minimum atomic E-state index is -1.35. The molecule has 7 aromatic carbocycles. The van der Waals surface area contributed by atoms with Gasteiger partial charge in [-0.3, -0.25) is 4.79 Å². The lowest BCUT2D eigenvalue weighted by molar-refractivity contribution is -0.119. The minimum absolute atomic E-state index is 0.149. The molecule has 1 heterocycles. The third-order valence-electron chi connectivity index (χ3n) is 14.7. The van der Waals surface area contributed by atoms with E-state index in [0.29, 0.717) is 35.8 Å². The second-order valence-electron chi connectivity index (χ2n) is 20.5. The highest BCUT2D eigenvalue weighted by Crippen LogP contribution is 2.69. The van der Waals surface area contributed by atoms with Gasteiger partial charge in [0.15, 0.2) is 0 Å². The van der Waals surface area contributed by atoms with E-state index in [0.717, 1.165) is 11.1 Å². The second-order valence-corrected chi connectivity index (χ2v) is 23.0. The molecule has 0 radical (unpaired) electrons. The van der Waals surface area contributed by atoms with E-state index in [1.165, 1.54) is 60.9 Å². The Kier molecular flexibility index (Phi) is 16.2. The van der Waals surface area contributed by atoms with Crippen molar-refractivity contribution in [3.63, 3.8) is 0 Å². The third kappa shape index (κ3) is 10.6. The van der Waals surface area contributed by atoms with Crippen molar-refractivity contribution in [2.24, 2.45) is 0 Å². The number of ether oxygens (including phenoxy) is 4. The highest BCUT2D eigenvalue weighted by atomic mass is 31.1. The van der Waals surface area contributed by atoms with Crippen LogP contribution in [0.4, 0.5) is 0 Å². The molecule has 8 rings (SSSR count). The fourth-order valence-corrected chi connectivity index (χ4v) is 15.2. The molecule has 0 N–H and O–H groups in total. The molecule has 1 aliphatic rings. The van der Waals surface area contributed by atoms with Crippen LogP contribution in [0.25, 0.3) is 0 Å². The number of ketones is 1. The maximum absolute atomic E-state index is 14.9. The van der Waals surface area contributed by atoms with E-state index >= 15 is 0 Å². The first kappa shape index (κ1) is 51.2. The van der Waals surface area contributed by atoms with Crippen molar-refractivity contribution in [1.29, 1.82) is 0 Å². The Labute approximate surface area is 425 Å². The van der Waals surface area contributed by atoms with Crippen LogP contribution in [0.5, 0.6) is 23.0 Å². The summed E-state index contributed by atoms with van der Waals surface area (Å²) < 4.78 is 24.1. The van der Waals surface area contributed by atoms with Crippen LogP contribution in [-0.2, 0) is 4.79 Å². The van der Waals surface area contributed by atoms with Gasteiger partial charge in [0.25, 0.3) is 0 Å². The third-order valence-corrected chi connectivity index (χ3v) is 18.0. The Hall–Kier alpha value is -6.16. The number of hydrogen-bond donors (Lipinski definition) is 0. The molecule has 0 bridgehead atoms. The van der Waals surface area contributed by atoms with Crippen molar-refractivity contribution in [2.45, 2.75) is 115 Å². The molecule has 71 heavy (non-hydrogen) atoms. The lowest BCUT2D eigenvalue weighted by Crippen LogP contribution is -2.31. The van der Waals surface area contributed by atoms with Crippen molar-refractivity contribution < 1.29 is 23.7 Å². The summed E-state index contributed by atoms with van der Waals surface area (Å²) in [5.74, 6) is 3.77. The largest absolute Gasteiger partial charge is 0.497 e. The lowest BCUT2D eigenvalue weighted by Gasteiger charge is -2.43. The van der Waals surface area contributed by atoms with Gasteiger partial charge in [-0.2, -0.15) is 0 Å². The van der Waals surface area contributed by atoms with Crippen molar-refractivity contribution in [3.8, 4) is 23.0 Å². The van der Waals surface area contributed by atoms with E-state index < -0.39 is 7.92 Å².